The van der Waals surface area contributed by atoms with Crippen molar-refractivity contribution in [3.8, 4) is 5.75 Å². The van der Waals surface area contributed by atoms with Crippen LogP contribution in [0.5, 0.6) is 5.75 Å². The normalized spacial score (nSPS) is 10.7. The van der Waals surface area contributed by atoms with Gasteiger partial charge < -0.3 is 5.11 Å². The number of halogens is 2. The van der Waals surface area contributed by atoms with Crippen molar-refractivity contribution in [2.75, 3.05) is 0 Å². The molecule has 0 bridgehead atoms. The summed E-state index contributed by atoms with van der Waals surface area (Å²) < 4.78 is 0.904. The van der Waals surface area contributed by atoms with E-state index in [1.807, 2.05) is 0 Å². The van der Waals surface area contributed by atoms with Gasteiger partial charge in [-0.3, -0.25) is 14.9 Å². The van der Waals surface area contributed by atoms with Crippen LogP contribution in [0, 0.1) is 10.1 Å². The molecule has 2 rings (SSSR count). The second kappa shape index (κ2) is 7.34. The van der Waals surface area contributed by atoms with Gasteiger partial charge in [0.15, 0.2) is 0 Å². The zero-order chi connectivity index (χ0) is 17.0. The van der Waals surface area contributed by atoms with Crippen molar-refractivity contribution >= 4 is 49.7 Å². The Hall–Kier alpha value is -2.26. The molecular formula is C14H9Br2N3O4. The van der Waals surface area contributed by atoms with E-state index in [4.69, 9.17) is 0 Å². The standard InChI is InChI=1S/C14H9Br2N3O4/c15-10-3-1-2-8(4-10)14(21)18-17-7-9-5-11(19(22)23)6-12(16)13(9)20/h1-7,20H,(H,18,21)/b17-7-. The van der Waals surface area contributed by atoms with Crippen molar-refractivity contribution < 1.29 is 14.8 Å². The molecule has 0 radical (unpaired) electrons. The van der Waals surface area contributed by atoms with Gasteiger partial charge in [0.2, 0.25) is 0 Å². The molecule has 1 amide bonds. The Morgan fingerprint density at radius 1 is 1.30 bits per heavy atom. The Morgan fingerprint density at radius 3 is 2.70 bits per heavy atom. The number of carbonyl (C=O) groups excluding carboxylic acids is 1. The fourth-order valence-electron chi connectivity index (χ4n) is 1.66. The lowest BCUT2D eigenvalue weighted by Crippen LogP contribution is -2.17. The first kappa shape index (κ1) is 17.1. The summed E-state index contributed by atoms with van der Waals surface area (Å²) in [5, 5.41) is 24.3. The average Bonchev–Trinajstić information content (AvgIpc) is 2.50. The van der Waals surface area contributed by atoms with Crippen LogP contribution < -0.4 is 5.43 Å². The van der Waals surface area contributed by atoms with Crippen LogP contribution in [-0.4, -0.2) is 22.2 Å². The van der Waals surface area contributed by atoms with Crippen molar-refractivity contribution in [1.29, 1.82) is 0 Å². The SMILES string of the molecule is O=C(N/N=C\c1cc([N+](=O)[O-])cc(Br)c1O)c1cccc(Br)c1. The maximum atomic E-state index is 11.9. The maximum Gasteiger partial charge on any atom is 0.271 e. The number of carbonyl (C=O) groups is 1. The van der Waals surface area contributed by atoms with Gasteiger partial charge in [0, 0.05) is 27.7 Å². The first-order valence-electron chi connectivity index (χ1n) is 6.14. The van der Waals surface area contributed by atoms with E-state index in [1.54, 1.807) is 24.3 Å². The molecule has 0 heterocycles. The summed E-state index contributed by atoms with van der Waals surface area (Å²) in [6.07, 6.45) is 1.13. The van der Waals surface area contributed by atoms with Crippen LogP contribution in [0.3, 0.4) is 0 Å². The number of aromatic hydroxyl groups is 1. The molecule has 0 saturated carbocycles. The number of nitro groups is 1. The molecule has 2 aromatic carbocycles. The van der Waals surface area contributed by atoms with Crippen LogP contribution in [-0.2, 0) is 0 Å². The van der Waals surface area contributed by atoms with Crippen LogP contribution in [0.25, 0.3) is 0 Å². The molecule has 23 heavy (non-hydrogen) atoms. The number of benzene rings is 2. The van der Waals surface area contributed by atoms with Crippen molar-refractivity contribution in [2.24, 2.45) is 5.10 Å². The highest BCUT2D eigenvalue weighted by atomic mass is 79.9. The highest BCUT2D eigenvalue weighted by molar-refractivity contribution is 9.10. The van der Waals surface area contributed by atoms with E-state index in [0.29, 0.717) is 5.56 Å². The quantitative estimate of drug-likeness (QED) is 0.428. The summed E-state index contributed by atoms with van der Waals surface area (Å²) in [6.45, 7) is 0. The molecule has 0 aliphatic heterocycles. The topological polar surface area (TPSA) is 105 Å². The minimum Gasteiger partial charge on any atom is -0.506 e. The van der Waals surface area contributed by atoms with Gasteiger partial charge in [0.25, 0.3) is 11.6 Å². The number of hydrazone groups is 1. The van der Waals surface area contributed by atoms with E-state index < -0.39 is 10.8 Å². The molecule has 2 aromatic rings. The molecule has 0 aliphatic carbocycles. The van der Waals surface area contributed by atoms with Gasteiger partial charge >= 0.3 is 0 Å². The summed E-state index contributed by atoms with van der Waals surface area (Å²) in [5.74, 6) is -0.664. The van der Waals surface area contributed by atoms with E-state index >= 15 is 0 Å². The first-order valence-corrected chi connectivity index (χ1v) is 7.73. The third-order valence-electron chi connectivity index (χ3n) is 2.75. The lowest BCUT2D eigenvalue weighted by Gasteiger charge is -2.03. The number of hydrogen-bond acceptors (Lipinski definition) is 5. The monoisotopic (exact) mass is 441 g/mol. The van der Waals surface area contributed by atoms with Crippen LogP contribution >= 0.6 is 31.9 Å². The summed E-state index contributed by atoms with van der Waals surface area (Å²) in [5.41, 5.74) is 2.56. The van der Waals surface area contributed by atoms with Gasteiger partial charge in [-0.25, -0.2) is 5.43 Å². The highest BCUT2D eigenvalue weighted by Gasteiger charge is 2.13. The zero-order valence-corrected chi connectivity index (χ0v) is 14.5. The van der Waals surface area contributed by atoms with E-state index in [0.717, 1.165) is 16.8 Å². The number of phenols is 1. The number of rotatable bonds is 4. The van der Waals surface area contributed by atoms with E-state index in [2.05, 4.69) is 42.4 Å². The van der Waals surface area contributed by atoms with E-state index in [-0.39, 0.29) is 21.5 Å². The lowest BCUT2D eigenvalue weighted by atomic mass is 10.2. The predicted octanol–water partition coefficient (Wildman–Crippen LogP) is 3.59. The largest absolute Gasteiger partial charge is 0.506 e. The van der Waals surface area contributed by atoms with Gasteiger partial charge in [-0.2, -0.15) is 5.10 Å². The molecule has 0 unspecified atom stereocenters. The smallest absolute Gasteiger partial charge is 0.271 e. The number of nitrogens with zero attached hydrogens (tertiary/aromatic N) is 2. The van der Waals surface area contributed by atoms with Crippen molar-refractivity contribution in [3.63, 3.8) is 0 Å². The van der Waals surface area contributed by atoms with Crippen LogP contribution in [0.4, 0.5) is 5.69 Å². The molecule has 0 aromatic heterocycles. The summed E-state index contributed by atoms with van der Waals surface area (Å²) >= 11 is 6.28. The fourth-order valence-corrected chi connectivity index (χ4v) is 2.53. The maximum absolute atomic E-state index is 11.9. The summed E-state index contributed by atoms with van der Waals surface area (Å²) in [6, 6.07) is 9.02. The van der Waals surface area contributed by atoms with Gasteiger partial charge in [0.1, 0.15) is 5.75 Å². The molecule has 0 aliphatic rings. The number of non-ortho nitro benzene ring substituents is 1. The number of nitro benzene ring substituents is 1. The third kappa shape index (κ3) is 4.36. The van der Waals surface area contributed by atoms with Gasteiger partial charge in [-0.1, -0.05) is 22.0 Å². The van der Waals surface area contributed by atoms with Crippen LogP contribution in [0.1, 0.15) is 15.9 Å². The Kier molecular flexibility index (Phi) is 5.45. The van der Waals surface area contributed by atoms with Crippen molar-refractivity contribution in [1.82, 2.24) is 5.43 Å². The molecule has 0 saturated heterocycles. The Bertz CT molecular complexity index is 809. The lowest BCUT2D eigenvalue weighted by molar-refractivity contribution is -0.385. The molecule has 118 valence electrons. The number of phenolic OH excluding ortho intramolecular Hbond substituents is 1. The molecule has 0 fully saturated rings. The predicted molar refractivity (Wildman–Crippen MR) is 91.7 cm³/mol. The van der Waals surface area contributed by atoms with Crippen molar-refractivity contribution in [2.45, 2.75) is 0 Å². The van der Waals surface area contributed by atoms with E-state index in [9.17, 15) is 20.0 Å². The average molecular weight is 443 g/mol. The Morgan fingerprint density at radius 2 is 2.04 bits per heavy atom. The molecule has 2 N–H and O–H groups in total. The highest BCUT2D eigenvalue weighted by Crippen LogP contribution is 2.31. The minimum atomic E-state index is -0.596. The summed E-state index contributed by atoms with van der Waals surface area (Å²) in [4.78, 5) is 22.1. The van der Waals surface area contributed by atoms with E-state index in [1.165, 1.54) is 6.07 Å². The van der Waals surface area contributed by atoms with Crippen LogP contribution in [0.15, 0.2) is 50.4 Å². The fraction of sp³-hybridized carbons (Fsp3) is 0. The molecule has 9 heteroatoms. The molecular weight excluding hydrogens is 434 g/mol. The second-order valence-corrected chi connectivity index (χ2v) is 6.10. The Balaban J connectivity index is 2.17. The minimum absolute atomic E-state index is 0.0978. The number of hydrogen-bond donors (Lipinski definition) is 2. The van der Waals surface area contributed by atoms with Gasteiger partial charge in [-0.15, -0.1) is 0 Å². The molecule has 0 spiro atoms. The Labute approximate surface area is 147 Å². The zero-order valence-electron chi connectivity index (χ0n) is 11.4. The molecule has 7 nitrogen and oxygen atoms in total. The van der Waals surface area contributed by atoms with Gasteiger partial charge in [-0.05, 0) is 34.1 Å². The summed E-state index contributed by atoms with van der Waals surface area (Å²) in [7, 11) is 0. The number of amides is 1. The van der Waals surface area contributed by atoms with Gasteiger partial charge in [0.05, 0.1) is 15.6 Å². The first-order chi connectivity index (χ1) is 10.9. The molecule has 0 atom stereocenters. The third-order valence-corrected chi connectivity index (χ3v) is 3.84. The second-order valence-electron chi connectivity index (χ2n) is 4.33. The van der Waals surface area contributed by atoms with Crippen molar-refractivity contribution in [3.05, 3.63) is 66.6 Å². The van der Waals surface area contributed by atoms with Crippen LogP contribution in [0.2, 0.25) is 0 Å². The number of nitrogens with one attached hydrogen (secondary N) is 1.